The van der Waals surface area contributed by atoms with Crippen molar-refractivity contribution in [2.24, 2.45) is 17.8 Å². The molecule has 4 aliphatic carbocycles. The van der Waals surface area contributed by atoms with E-state index in [0.717, 1.165) is 37.0 Å². The van der Waals surface area contributed by atoms with E-state index in [4.69, 9.17) is 5.73 Å². The Kier molecular flexibility index (Phi) is 2.68. The second-order valence-electron chi connectivity index (χ2n) is 7.20. The number of nitrogens with two attached hydrogens (primary N) is 1. The van der Waals surface area contributed by atoms with Crippen LogP contribution in [0.15, 0.2) is 23.1 Å². The molecule has 4 saturated carbocycles. The summed E-state index contributed by atoms with van der Waals surface area (Å²) >= 11 is 0. The zero-order chi connectivity index (χ0) is 14.6. The van der Waals surface area contributed by atoms with Gasteiger partial charge in [-0.25, -0.2) is 0 Å². The third-order valence-corrected chi connectivity index (χ3v) is 5.69. The Hall–Kier alpha value is -1.78. The van der Waals surface area contributed by atoms with Crippen molar-refractivity contribution in [1.29, 1.82) is 0 Å². The molecule has 1 aromatic rings. The number of nitrogen functional groups attached to an aromatic ring is 1. The number of carbonyl (C=O) groups excluding carboxylic acids is 1. The Morgan fingerprint density at radius 3 is 2.71 bits per heavy atom. The lowest BCUT2D eigenvalue weighted by molar-refractivity contribution is -0.124. The molecule has 0 radical (unpaired) electrons. The van der Waals surface area contributed by atoms with Crippen molar-refractivity contribution in [3.8, 4) is 0 Å². The molecule has 1 amide bonds. The Morgan fingerprint density at radius 2 is 2.05 bits per heavy atom. The summed E-state index contributed by atoms with van der Waals surface area (Å²) in [6, 6.07) is 3.26. The lowest BCUT2D eigenvalue weighted by Crippen LogP contribution is -2.51. The van der Waals surface area contributed by atoms with Crippen LogP contribution >= 0.6 is 0 Å². The number of hydrogen-bond donors (Lipinski definition) is 2. The minimum absolute atomic E-state index is 0.0114. The number of anilines is 1. The molecule has 21 heavy (non-hydrogen) atoms. The van der Waals surface area contributed by atoms with Crippen LogP contribution in [0.2, 0.25) is 0 Å². The molecule has 5 rings (SSSR count). The van der Waals surface area contributed by atoms with E-state index in [1.165, 1.54) is 17.4 Å². The lowest BCUT2D eigenvalue weighted by atomic mass is 9.76. The van der Waals surface area contributed by atoms with Crippen LogP contribution in [0.4, 0.5) is 5.69 Å². The third-order valence-electron chi connectivity index (χ3n) is 5.69. The smallest absolute Gasteiger partial charge is 0.274 e. The number of hydrogen-bond acceptors (Lipinski definition) is 3. The van der Waals surface area contributed by atoms with E-state index >= 15 is 0 Å². The number of nitrogens with one attached hydrogen (secondary N) is 1. The first-order valence-electron chi connectivity index (χ1n) is 7.81. The highest BCUT2D eigenvalue weighted by atomic mass is 16.2. The average Bonchev–Trinajstić information content (AvgIpc) is 2.82. The van der Waals surface area contributed by atoms with Gasteiger partial charge in [0, 0.05) is 11.7 Å². The minimum atomic E-state index is -0.291. The monoisotopic (exact) mass is 287 g/mol. The summed E-state index contributed by atoms with van der Waals surface area (Å²) < 4.78 is 1.39. The molecule has 112 valence electrons. The minimum Gasteiger partial charge on any atom is -0.394 e. The predicted octanol–water partition coefficient (Wildman–Crippen LogP) is 1.13. The van der Waals surface area contributed by atoms with Gasteiger partial charge in [-0.1, -0.05) is 0 Å². The van der Waals surface area contributed by atoms with Crippen molar-refractivity contribution in [3.05, 3.63) is 28.7 Å². The molecule has 5 heteroatoms. The summed E-state index contributed by atoms with van der Waals surface area (Å²) in [5.74, 6) is 2.38. The van der Waals surface area contributed by atoms with Crippen LogP contribution < -0.4 is 16.6 Å². The predicted molar refractivity (Wildman–Crippen MR) is 79.5 cm³/mol. The molecule has 1 aromatic heterocycles. The number of rotatable bonds is 3. The van der Waals surface area contributed by atoms with E-state index in [-0.39, 0.29) is 29.2 Å². The molecule has 1 heterocycles. The van der Waals surface area contributed by atoms with Gasteiger partial charge in [-0.15, -0.1) is 0 Å². The molecular formula is C16H21N3O2. The van der Waals surface area contributed by atoms with Crippen molar-refractivity contribution in [3.63, 3.8) is 0 Å². The van der Waals surface area contributed by atoms with Gasteiger partial charge in [-0.2, -0.15) is 0 Å². The van der Waals surface area contributed by atoms with Crippen molar-refractivity contribution < 1.29 is 4.79 Å². The second kappa shape index (κ2) is 4.36. The van der Waals surface area contributed by atoms with Crippen LogP contribution in [-0.2, 0) is 11.3 Å². The number of amides is 1. The van der Waals surface area contributed by atoms with Crippen LogP contribution in [0.3, 0.4) is 0 Å². The summed E-state index contributed by atoms with van der Waals surface area (Å²) in [6.07, 6.45) is 7.72. The van der Waals surface area contributed by atoms with Gasteiger partial charge in [-0.05, 0) is 62.0 Å². The van der Waals surface area contributed by atoms with Gasteiger partial charge in [0.25, 0.3) is 5.56 Å². The highest BCUT2D eigenvalue weighted by Gasteiger charge is 2.56. The zero-order valence-corrected chi connectivity index (χ0v) is 12.0. The van der Waals surface area contributed by atoms with E-state index in [1.54, 1.807) is 18.3 Å². The first kappa shape index (κ1) is 12.9. The molecule has 4 aliphatic rings. The normalized spacial score (nSPS) is 36.1. The van der Waals surface area contributed by atoms with E-state index in [0.29, 0.717) is 0 Å². The molecule has 5 nitrogen and oxygen atoms in total. The zero-order valence-electron chi connectivity index (χ0n) is 12.0. The Morgan fingerprint density at radius 1 is 1.33 bits per heavy atom. The Balaban J connectivity index is 1.47. The lowest BCUT2D eigenvalue weighted by Gasteiger charge is -2.39. The van der Waals surface area contributed by atoms with Crippen molar-refractivity contribution in [1.82, 2.24) is 9.88 Å². The summed E-state index contributed by atoms with van der Waals surface area (Å²) in [6.45, 7) is 0.0611. The molecule has 4 fully saturated rings. The van der Waals surface area contributed by atoms with Gasteiger partial charge in [-0.3, -0.25) is 9.59 Å². The van der Waals surface area contributed by atoms with E-state index in [2.05, 4.69) is 5.32 Å². The Bertz CT molecular complexity index is 632. The maximum Gasteiger partial charge on any atom is 0.274 e. The highest BCUT2D eigenvalue weighted by molar-refractivity contribution is 5.76. The largest absolute Gasteiger partial charge is 0.394 e. The highest BCUT2D eigenvalue weighted by Crippen LogP contribution is 2.59. The summed E-state index contributed by atoms with van der Waals surface area (Å²) in [7, 11) is 0. The van der Waals surface area contributed by atoms with Crippen LogP contribution in [0.5, 0.6) is 0 Å². The maximum atomic E-state index is 12.3. The number of aromatic nitrogens is 1. The molecule has 4 bridgehead atoms. The average molecular weight is 287 g/mol. The number of nitrogens with zero attached hydrogens (tertiary/aromatic N) is 1. The quantitative estimate of drug-likeness (QED) is 0.874. The van der Waals surface area contributed by atoms with E-state index in [9.17, 15) is 9.59 Å². The van der Waals surface area contributed by atoms with Crippen LogP contribution in [0.25, 0.3) is 0 Å². The molecule has 2 atom stereocenters. The van der Waals surface area contributed by atoms with E-state index in [1.807, 2.05) is 0 Å². The summed E-state index contributed by atoms with van der Waals surface area (Å²) in [5.41, 5.74) is 5.50. The fourth-order valence-electron chi connectivity index (χ4n) is 5.13. The van der Waals surface area contributed by atoms with Gasteiger partial charge in [0.05, 0.1) is 5.69 Å². The van der Waals surface area contributed by atoms with Crippen LogP contribution in [-0.4, -0.2) is 16.0 Å². The van der Waals surface area contributed by atoms with Gasteiger partial charge in [0.2, 0.25) is 5.91 Å². The molecular weight excluding hydrogens is 266 g/mol. The van der Waals surface area contributed by atoms with Crippen LogP contribution in [0.1, 0.15) is 32.1 Å². The molecule has 0 saturated heterocycles. The summed E-state index contributed by atoms with van der Waals surface area (Å²) in [4.78, 5) is 24.2. The molecule has 3 N–H and O–H groups in total. The first-order valence-corrected chi connectivity index (χ1v) is 7.81. The van der Waals surface area contributed by atoms with Gasteiger partial charge in [0.1, 0.15) is 6.54 Å². The Labute approximate surface area is 123 Å². The fraction of sp³-hybridized carbons (Fsp3) is 0.625. The molecule has 0 aliphatic heterocycles. The third kappa shape index (κ3) is 2.06. The maximum absolute atomic E-state index is 12.3. The van der Waals surface area contributed by atoms with Gasteiger partial charge in [0.15, 0.2) is 0 Å². The number of pyridine rings is 1. The standard InChI is InChI=1S/C16H21N3O2/c17-13-2-1-3-19(15(13)21)9-14(20)18-16-6-10-4-11(7-16)12(5-10)8-16/h1-3,10-12H,4-9,17H2,(H,18,20). The summed E-state index contributed by atoms with van der Waals surface area (Å²) in [5, 5.41) is 3.24. The molecule has 0 spiro atoms. The van der Waals surface area contributed by atoms with Crippen molar-refractivity contribution >= 4 is 11.6 Å². The SMILES string of the molecule is Nc1cccn(CC(=O)NC23CC4CC(C2)C(C4)C3)c1=O. The topological polar surface area (TPSA) is 77.1 Å². The van der Waals surface area contributed by atoms with Crippen molar-refractivity contribution in [2.75, 3.05) is 5.73 Å². The second-order valence-corrected chi connectivity index (χ2v) is 7.20. The van der Waals surface area contributed by atoms with Crippen LogP contribution in [0, 0.1) is 17.8 Å². The van der Waals surface area contributed by atoms with Gasteiger partial charge < -0.3 is 15.6 Å². The van der Waals surface area contributed by atoms with Crippen molar-refractivity contribution in [2.45, 2.75) is 44.2 Å². The fourth-order valence-corrected chi connectivity index (χ4v) is 5.13. The van der Waals surface area contributed by atoms with E-state index < -0.39 is 0 Å². The number of carbonyl (C=O) groups is 1. The van der Waals surface area contributed by atoms with Gasteiger partial charge >= 0.3 is 0 Å². The first-order chi connectivity index (χ1) is 10.0. The molecule has 0 aromatic carbocycles. The molecule has 2 unspecified atom stereocenters.